The van der Waals surface area contributed by atoms with Gasteiger partial charge in [-0.05, 0) is 49.2 Å². The number of benzene rings is 2. The summed E-state index contributed by atoms with van der Waals surface area (Å²) in [6, 6.07) is 10.4. The molecule has 2 heterocycles. The molecule has 0 unspecified atom stereocenters. The van der Waals surface area contributed by atoms with Gasteiger partial charge in [0.15, 0.2) is 0 Å². The van der Waals surface area contributed by atoms with Crippen LogP contribution in [-0.2, 0) is 10.0 Å². The minimum Gasteiger partial charge on any atom is -0.456 e. The number of halogens is 2. The van der Waals surface area contributed by atoms with Crippen LogP contribution in [0.25, 0.3) is 0 Å². The van der Waals surface area contributed by atoms with Crippen molar-refractivity contribution in [3.05, 3.63) is 52.0 Å². The molecule has 38 heavy (non-hydrogen) atoms. The summed E-state index contributed by atoms with van der Waals surface area (Å²) in [7, 11) is -3.99. The van der Waals surface area contributed by atoms with Gasteiger partial charge in [-0.3, -0.25) is 4.90 Å². The summed E-state index contributed by atoms with van der Waals surface area (Å²) in [5, 5.41) is 19.2. The number of ether oxygens (including phenoxy) is 1. The lowest BCUT2D eigenvalue weighted by atomic mass is 10.1. The second-order valence-electron chi connectivity index (χ2n) is 9.15. The van der Waals surface area contributed by atoms with Crippen LogP contribution in [0.15, 0.2) is 41.3 Å². The molecule has 2 aliphatic rings. The average molecular weight is 582 g/mol. The fraction of sp³-hybridized carbons (Fsp3) is 0.440. The Balaban J connectivity index is 1.36. The first-order valence-electron chi connectivity index (χ1n) is 12.4. The van der Waals surface area contributed by atoms with E-state index in [2.05, 4.69) is 20.9 Å². The van der Waals surface area contributed by atoms with Crippen molar-refractivity contribution in [1.29, 1.82) is 5.26 Å². The lowest BCUT2D eigenvalue weighted by Gasteiger charge is -2.32. The molecule has 2 aromatic rings. The first-order chi connectivity index (χ1) is 18.2. The van der Waals surface area contributed by atoms with Gasteiger partial charge in [-0.15, -0.1) is 0 Å². The molecule has 0 bridgehead atoms. The minimum atomic E-state index is -3.99. The number of sulfonamides is 1. The molecule has 2 aliphatic heterocycles. The molecule has 10 nitrogen and oxygen atoms in total. The van der Waals surface area contributed by atoms with Crippen molar-refractivity contribution < 1.29 is 17.9 Å². The van der Waals surface area contributed by atoms with Gasteiger partial charge in [0, 0.05) is 68.4 Å². The van der Waals surface area contributed by atoms with Crippen molar-refractivity contribution in [2.45, 2.75) is 23.8 Å². The number of rotatable bonds is 8. The zero-order chi connectivity index (χ0) is 27.1. The summed E-state index contributed by atoms with van der Waals surface area (Å²) in [5.74, 6) is 0.334. The van der Waals surface area contributed by atoms with Crippen LogP contribution in [0.5, 0.6) is 11.5 Å². The van der Waals surface area contributed by atoms with E-state index in [1.165, 1.54) is 40.7 Å². The van der Waals surface area contributed by atoms with Gasteiger partial charge in [0.1, 0.15) is 16.4 Å². The van der Waals surface area contributed by atoms with Crippen LogP contribution in [0, 0.1) is 11.3 Å². The SMILES string of the molecule is N#Cc1ccc(Oc2cc(Cl)cc(Cl)c2)c(S(=O)(=O)N2CCC(NC(=O)NCCN3CCNCC3)CC2)c1. The molecule has 0 aliphatic carbocycles. The van der Waals surface area contributed by atoms with Crippen molar-refractivity contribution >= 4 is 39.3 Å². The highest BCUT2D eigenvalue weighted by Gasteiger charge is 2.32. The molecule has 204 valence electrons. The number of nitrogens with one attached hydrogen (secondary N) is 3. The van der Waals surface area contributed by atoms with Gasteiger partial charge < -0.3 is 20.7 Å². The first-order valence-corrected chi connectivity index (χ1v) is 14.6. The Bertz CT molecular complexity index is 1270. The predicted molar refractivity (Wildman–Crippen MR) is 145 cm³/mol. The van der Waals surface area contributed by atoms with E-state index in [1.807, 2.05) is 6.07 Å². The molecular formula is C25H30Cl2N6O4S. The van der Waals surface area contributed by atoms with Gasteiger partial charge >= 0.3 is 6.03 Å². The topological polar surface area (TPSA) is 127 Å². The highest BCUT2D eigenvalue weighted by Crippen LogP contribution is 2.35. The molecule has 4 rings (SSSR count). The molecule has 2 aromatic carbocycles. The zero-order valence-electron chi connectivity index (χ0n) is 20.8. The van der Waals surface area contributed by atoms with Crippen LogP contribution in [0.4, 0.5) is 4.79 Å². The maximum Gasteiger partial charge on any atom is 0.315 e. The van der Waals surface area contributed by atoms with Crippen molar-refractivity contribution in [2.75, 3.05) is 52.4 Å². The Labute approximate surface area is 232 Å². The molecule has 2 saturated heterocycles. The fourth-order valence-electron chi connectivity index (χ4n) is 4.46. The highest BCUT2D eigenvalue weighted by atomic mass is 35.5. The van der Waals surface area contributed by atoms with Gasteiger partial charge in [-0.1, -0.05) is 23.2 Å². The van der Waals surface area contributed by atoms with Crippen molar-refractivity contribution in [1.82, 2.24) is 25.2 Å². The quantitative estimate of drug-likeness (QED) is 0.438. The Kier molecular flexibility index (Phi) is 9.70. The standard InChI is InChI=1S/C25H30Cl2N6O4S/c26-19-14-20(27)16-22(15-19)37-23-2-1-18(17-28)13-24(23)38(35,36)33-8-3-21(4-9-33)31-25(34)30-7-12-32-10-5-29-6-11-32/h1-2,13-16,21,29H,3-12H2,(H2,30,31,34). The number of piperidine rings is 1. The Morgan fingerprint density at radius 1 is 1.08 bits per heavy atom. The van der Waals surface area contributed by atoms with Crippen molar-refractivity contribution in [2.24, 2.45) is 0 Å². The molecule has 0 radical (unpaired) electrons. The average Bonchev–Trinajstić information content (AvgIpc) is 2.89. The number of carbonyl (C=O) groups excluding carboxylic acids is 1. The lowest BCUT2D eigenvalue weighted by molar-refractivity contribution is 0.218. The Hall–Kier alpha value is -2.59. The minimum absolute atomic E-state index is 0.0615. The summed E-state index contributed by atoms with van der Waals surface area (Å²) in [4.78, 5) is 14.5. The van der Waals surface area contributed by atoms with Crippen LogP contribution in [0.2, 0.25) is 10.0 Å². The van der Waals surface area contributed by atoms with E-state index in [-0.39, 0.29) is 47.1 Å². The van der Waals surface area contributed by atoms with E-state index in [4.69, 9.17) is 27.9 Å². The predicted octanol–water partition coefficient (Wildman–Crippen LogP) is 3.01. The van der Waals surface area contributed by atoms with E-state index < -0.39 is 10.0 Å². The highest BCUT2D eigenvalue weighted by molar-refractivity contribution is 7.89. The first kappa shape index (κ1) is 28.4. The third kappa shape index (κ3) is 7.50. The zero-order valence-corrected chi connectivity index (χ0v) is 23.1. The van der Waals surface area contributed by atoms with E-state index in [1.54, 1.807) is 0 Å². The van der Waals surface area contributed by atoms with Gasteiger partial charge in [-0.25, -0.2) is 13.2 Å². The smallest absolute Gasteiger partial charge is 0.315 e. The number of urea groups is 1. The molecule has 0 atom stereocenters. The van der Waals surface area contributed by atoms with E-state index in [0.29, 0.717) is 29.4 Å². The number of hydrogen-bond acceptors (Lipinski definition) is 7. The molecule has 2 amide bonds. The number of amides is 2. The van der Waals surface area contributed by atoms with Crippen LogP contribution in [-0.4, -0.2) is 82.1 Å². The van der Waals surface area contributed by atoms with Crippen molar-refractivity contribution in [3.63, 3.8) is 0 Å². The molecule has 0 spiro atoms. The number of nitriles is 1. The molecular weight excluding hydrogens is 551 g/mol. The molecule has 3 N–H and O–H groups in total. The number of piperazine rings is 1. The summed E-state index contributed by atoms with van der Waals surface area (Å²) in [6.07, 6.45) is 0.922. The number of carbonyl (C=O) groups is 1. The van der Waals surface area contributed by atoms with Gasteiger partial charge in [0.2, 0.25) is 10.0 Å². The third-order valence-electron chi connectivity index (χ3n) is 6.47. The molecule has 0 saturated carbocycles. The lowest BCUT2D eigenvalue weighted by Crippen LogP contribution is -2.51. The molecule has 13 heteroatoms. The van der Waals surface area contributed by atoms with E-state index in [9.17, 15) is 18.5 Å². The molecule has 0 aromatic heterocycles. The third-order valence-corrected chi connectivity index (χ3v) is 8.82. The van der Waals surface area contributed by atoms with Gasteiger partial charge in [0.25, 0.3) is 0 Å². The van der Waals surface area contributed by atoms with Crippen LogP contribution >= 0.6 is 23.2 Å². The number of nitrogens with zero attached hydrogens (tertiary/aromatic N) is 3. The summed E-state index contributed by atoms with van der Waals surface area (Å²) < 4.78 is 34.4. The normalized spacial score (nSPS) is 17.5. The van der Waals surface area contributed by atoms with Crippen LogP contribution < -0.4 is 20.7 Å². The van der Waals surface area contributed by atoms with Crippen LogP contribution in [0.1, 0.15) is 18.4 Å². The van der Waals surface area contributed by atoms with E-state index in [0.717, 1.165) is 32.7 Å². The molecule has 2 fully saturated rings. The Morgan fingerprint density at radius 3 is 2.42 bits per heavy atom. The second-order valence-corrected chi connectivity index (χ2v) is 11.9. The maximum absolute atomic E-state index is 13.6. The monoisotopic (exact) mass is 580 g/mol. The summed E-state index contributed by atoms with van der Waals surface area (Å²) >= 11 is 12.1. The largest absolute Gasteiger partial charge is 0.456 e. The van der Waals surface area contributed by atoms with E-state index >= 15 is 0 Å². The van der Waals surface area contributed by atoms with Gasteiger partial charge in [0.05, 0.1) is 11.6 Å². The van der Waals surface area contributed by atoms with Crippen molar-refractivity contribution in [3.8, 4) is 17.6 Å². The second kappa shape index (κ2) is 13.0. The summed E-state index contributed by atoms with van der Waals surface area (Å²) in [6.45, 7) is 5.61. The van der Waals surface area contributed by atoms with Gasteiger partial charge in [-0.2, -0.15) is 9.57 Å². The maximum atomic E-state index is 13.6. The fourth-order valence-corrected chi connectivity index (χ4v) is 6.57. The Morgan fingerprint density at radius 2 is 1.76 bits per heavy atom. The van der Waals surface area contributed by atoms with Crippen LogP contribution in [0.3, 0.4) is 0 Å². The number of hydrogen-bond donors (Lipinski definition) is 3. The summed E-state index contributed by atoms with van der Waals surface area (Å²) in [5.41, 5.74) is 0.189.